The number of furan rings is 1. The number of hydrazine groups is 1. The molecular formula is C15H25N3O2. The Morgan fingerprint density at radius 3 is 2.65 bits per heavy atom. The predicted molar refractivity (Wildman–Crippen MR) is 78.1 cm³/mol. The standard InChI is InChI=1S/C15H25N3O2/c1-11-9-13(20-14(11)15(19)17-16)10-18(2)12-7-5-3-4-6-8-12/h9,12H,3-8,10,16H2,1-2H3,(H,17,19). The first-order valence-corrected chi connectivity index (χ1v) is 7.42. The molecule has 3 N–H and O–H groups in total. The summed E-state index contributed by atoms with van der Waals surface area (Å²) in [6.07, 6.45) is 7.84. The Morgan fingerprint density at radius 1 is 1.40 bits per heavy atom. The van der Waals surface area contributed by atoms with Gasteiger partial charge in [0, 0.05) is 11.6 Å². The van der Waals surface area contributed by atoms with E-state index in [1.54, 1.807) is 0 Å². The molecule has 5 heteroatoms. The molecule has 2 rings (SSSR count). The van der Waals surface area contributed by atoms with Crippen LogP contribution in [-0.4, -0.2) is 23.9 Å². The zero-order chi connectivity index (χ0) is 14.5. The number of nitrogens with one attached hydrogen (secondary N) is 1. The maximum absolute atomic E-state index is 11.5. The highest BCUT2D eigenvalue weighted by atomic mass is 16.4. The van der Waals surface area contributed by atoms with E-state index in [1.807, 2.05) is 13.0 Å². The van der Waals surface area contributed by atoms with Gasteiger partial charge < -0.3 is 4.42 Å². The van der Waals surface area contributed by atoms with Gasteiger partial charge in [-0.2, -0.15) is 0 Å². The van der Waals surface area contributed by atoms with Crippen LogP contribution in [0.4, 0.5) is 0 Å². The number of hydrogen-bond acceptors (Lipinski definition) is 4. The fraction of sp³-hybridized carbons (Fsp3) is 0.667. The van der Waals surface area contributed by atoms with Crippen molar-refractivity contribution in [3.8, 4) is 0 Å². The summed E-state index contributed by atoms with van der Waals surface area (Å²) in [5.74, 6) is 5.92. The molecule has 0 bridgehead atoms. The highest BCUT2D eigenvalue weighted by Gasteiger charge is 2.20. The number of rotatable bonds is 4. The van der Waals surface area contributed by atoms with E-state index >= 15 is 0 Å². The number of amides is 1. The van der Waals surface area contributed by atoms with Crippen LogP contribution in [0.15, 0.2) is 10.5 Å². The van der Waals surface area contributed by atoms with Gasteiger partial charge >= 0.3 is 5.91 Å². The van der Waals surface area contributed by atoms with E-state index in [4.69, 9.17) is 10.3 Å². The molecular weight excluding hydrogens is 254 g/mol. The molecule has 0 radical (unpaired) electrons. The van der Waals surface area contributed by atoms with Gasteiger partial charge in [0.15, 0.2) is 5.76 Å². The van der Waals surface area contributed by atoms with Crippen LogP contribution >= 0.6 is 0 Å². The van der Waals surface area contributed by atoms with Crippen LogP contribution in [-0.2, 0) is 6.54 Å². The van der Waals surface area contributed by atoms with Crippen LogP contribution in [0, 0.1) is 6.92 Å². The van der Waals surface area contributed by atoms with Crippen molar-refractivity contribution in [1.82, 2.24) is 10.3 Å². The van der Waals surface area contributed by atoms with E-state index in [9.17, 15) is 4.79 Å². The molecule has 1 saturated carbocycles. The molecule has 1 aliphatic carbocycles. The topological polar surface area (TPSA) is 71.5 Å². The second-order valence-electron chi connectivity index (χ2n) is 5.76. The summed E-state index contributed by atoms with van der Waals surface area (Å²) in [7, 11) is 2.14. The normalized spacial score (nSPS) is 17.2. The van der Waals surface area contributed by atoms with Gasteiger partial charge in [0.25, 0.3) is 0 Å². The smallest absolute Gasteiger partial charge is 0.301 e. The van der Waals surface area contributed by atoms with Crippen molar-refractivity contribution in [2.45, 2.75) is 58.0 Å². The molecule has 0 saturated heterocycles. The molecule has 0 unspecified atom stereocenters. The van der Waals surface area contributed by atoms with Crippen LogP contribution < -0.4 is 11.3 Å². The molecule has 1 aliphatic rings. The van der Waals surface area contributed by atoms with Crippen molar-refractivity contribution in [1.29, 1.82) is 0 Å². The van der Waals surface area contributed by atoms with E-state index in [2.05, 4.69) is 17.4 Å². The van der Waals surface area contributed by atoms with Gasteiger partial charge in [0.2, 0.25) is 0 Å². The Bertz CT molecular complexity index is 448. The fourth-order valence-electron chi connectivity index (χ4n) is 2.99. The van der Waals surface area contributed by atoms with Crippen molar-refractivity contribution >= 4 is 5.91 Å². The van der Waals surface area contributed by atoms with Gasteiger partial charge in [-0.15, -0.1) is 0 Å². The molecule has 20 heavy (non-hydrogen) atoms. The lowest BCUT2D eigenvalue weighted by Gasteiger charge is -2.26. The first-order chi connectivity index (χ1) is 9.61. The van der Waals surface area contributed by atoms with Crippen molar-refractivity contribution in [2.75, 3.05) is 7.05 Å². The lowest BCUT2D eigenvalue weighted by atomic mass is 10.1. The monoisotopic (exact) mass is 279 g/mol. The second kappa shape index (κ2) is 6.90. The number of nitrogen functional groups attached to an aromatic ring is 1. The van der Waals surface area contributed by atoms with E-state index in [1.165, 1.54) is 38.5 Å². The van der Waals surface area contributed by atoms with Gasteiger partial charge in [-0.3, -0.25) is 15.1 Å². The maximum Gasteiger partial charge on any atom is 0.301 e. The molecule has 1 fully saturated rings. The summed E-state index contributed by atoms with van der Waals surface area (Å²) in [5, 5.41) is 0. The van der Waals surface area contributed by atoms with Crippen LogP contribution in [0.3, 0.4) is 0 Å². The van der Waals surface area contributed by atoms with Crippen molar-refractivity contribution < 1.29 is 9.21 Å². The molecule has 1 aromatic rings. The van der Waals surface area contributed by atoms with Gasteiger partial charge in [-0.1, -0.05) is 25.7 Å². The van der Waals surface area contributed by atoms with Crippen LogP contribution in [0.1, 0.15) is 60.4 Å². The Labute approximate surface area is 120 Å². The number of carbonyl (C=O) groups excluding carboxylic acids is 1. The summed E-state index contributed by atoms with van der Waals surface area (Å²) in [4.78, 5) is 13.9. The highest BCUT2D eigenvalue weighted by molar-refractivity contribution is 5.92. The number of hydrogen-bond donors (Lipinski definition) is 2. The van der Waals surface area contributed by atoms with E-state index in [0.717, 1.165) is 17.9 Å². The first kappa shape index (κ1) is 15.1. The number of aryl methyl sites for hydroxylation is 1. The van der Waals surface area contributed by atoms with Gasteiger partial charge in [0.1, 0.15) is 5.76 Å². The third-order valence-corrected chi connectivity index (χ3v) is 4.16. The molecule has 5 nitrogen and oxygen atoms in total. The van der Waals surface area contributed by atoms with E-state index in [-0.39, 0.29) is 5.91 Å². The number of nitrogens with two attached hydrogens (primary N) is 1. The van der Waals surface area contributed by atoms with Gasteiger partial charge in [-0.05, 0) is 32.9 Å². The second-order valence-corrected chi connectivity index (χ2v) is 5.76. The molecule has 0 aliphatic heterocycles. The fourth-order valence-corrected chi connectivity index (χ4v) is 2.99. The van der Waals surface area contributed by atoms with Crippen molar-refractivity contribution in [3.05, 3.63) is 23.2 Å². The molecule has 0 aromatic carbocycles. The molecule has 1 amide bonds. The van der Waals surface area contributed by atoms with Crippen molar-refractivity contribution in [3.63, 3.8) is 0 Å². The summed E-state index contributed by atoms with van der Waals surface area (Å²) < 4.78 is 5.63. The summed E-state index contributed by atoms with van der Waals surface area (Å²) >= 11 is 0. The molecule has 0 atom stereocenters. The number of carbonyl (C=O) groups is 1. The Kier molecular flexibility index (Phi) is 5.20. The van der Waals surface area contributed by atoms with E-state index in [0.29, 0.717) is 11.8 Å². The molecule has 112 valence electrons. The molecule has 1 heterocycles. The zero-order valence-electron chi connectivity index (χ0n) is 12.4. The average molecular weight is 279 g/mol. The summed E-state index contributed by atoms with van der Waals surface area (Å²) in [6, 6.07) is 2.55. The third kappa shape index (κ3) is 3.61. The van der Waals surface area contributed by atoms with Crippen LogP contribution in [0.2, 0.25) is 0 Å². The van der Waals surface area contributed by atoms with Crippen molar-refractivity contribution in [2.24, 2.45) is 5.84 Å². The maximum atomic E-state index is 11.5. The highest BCUT2D eigenvalue weighted by Crippen LogP contribution is 2.23. The Morgan fingerprint density at radius 2 is 2.05 bits per heavy atom. The van der Waals surface area contributed by atoms with Gasteiger partial charge in [-0.25, -0.2) is 5.84 Å². The summed E-state index contributed by atoms with van der Waals surface area (Å²) in [5.41, 5.74) is 2.94. The van der Waals surface area contributed by atoms with Crippen LogP contribution in [0.25, 0.3) is 0 Å². The quantitative estimate of drug-likeness (QED) is 0.384. The minimum Gasteiger partial charge on any atom is -0.454 e. The lowest BCUT2D eigenvalue weighted by Crippen LogP contribution is -2.31. The SMILES string of the molecule is Cc1cc(CN(C)C2CCCCCC2)oc1C(=O)NN. The predicted octanol–water partition coefficient (Wildman–Crippen LogP) is 2.35. The average Bonchev–Trinajstić information content (AvgIpc) is 2.67. The van der Waals surface area contributed by atoms with E-state index < -0.39 is 0 Å². The Hall–Kier alpha value is -1.33. The Balaban J connectivity index is 2.00. The van der Waals surface area contributed by atoms with Crippen LogP contribution in [0.5, 0.6) is 0 Å². The lowest BCUT2D eigenvalue weighted by molar-refractivity contribution is 0.0920. The zero-order valence-corrected chi connectivity index (χ0v) is 12.4. The third-order valence-electron chi connectivity index (χ3n) is 4.16. The largest absolute Gasteiger partial charge is 0.454 e. The number of nitrogens with zero attached hydrogens (tertiary/aromatic N) is 1. The summed E-state index contributed by atoms with van der Waals surface area (Å²) in [6.45, 7) is 2.60. The first-order valence-electron chi connectivity index (χ1n) is 7.42. The molecule has 0 spiro atoms. The molecule has 1 aromatic heterocycles. The van der Waals surface area contributed by atoms with Gasteiger partial charge in [0.05, 0.1) is 6.54 Å². The minimum atomic E-state index is -0.370. The minimum absolute atomic E-state index is 0.316.